The van der Waals surface area contributed by atoms with Crippen molar-refractivity contribution >= 4 is 37.8 Å². The summed E-state index contributed by atoms with van der Waals surface area (Å²) in [6.07, 6.45) is 0. The van der Waals surface area contributed by atoms with Crippen LogP contribution in [-0.2, 0) is 6.54 Å². The summed E-state index contributed by atoms with van der Waals surface area (Å²) < 4.78 is 28.6. The molecule has 0 aliphatic carbocycles. The SMILES string of the molecule is Fc1ccc(CNC2=N[C@@H](c3ccccc3Br)[C@@H](c3ccccc3Br)N2)cc1F. The molecule has 3 aromatic rings. The van der Waals surface area contributed by atoms with E-state index in [9.17, 15) is 8.78 Å². The summed E-state index contributed by atoms with van der Waals surface area (Å²) in [5, 5.41) is 6.64. The van der Waals surface area contributed by atoms with Gasteiger partial charge < -0.3 is 10.6 Å². The number of guanidine groups is 1. The van der Waals surface area contributed by atoms with E-state index in [1.165, 1.54) is 6.07 Å². The van der Waals surface area contributed by atoms with Crippen LogP contribution in [0.1, 0.15) is 28.8 Å². The third-order valence-electron chi connectivity index (χ3n) is 4.78. The van der Waals surface area contributed by atoms with Crippen LogP contribution >= 0.6 is 31.9 Å². The van der Waals surface area contributed by atoms with Gasteiger partial charge in [0.1, 0.15) is 6.04 Å². The molecule has 4 rings (SSSR count). The molecular formula is C22H17Br2F2N3. The van der Waals surface area contributed by atoms with Gasteiger partial charge in [0.05, 0.1) is 6.04 Å². The predicted molar refractivity (Wildman–Crippen MR) is 118 cm³/mol. The van der Waals surface area contributed by atoms with Gasteiger partial charge in [0.25, 0.3) is 0 Å². The van der Waals surface area contributed by atoms with Crippen LogP contribution in [0.3, 0.4) is 0 Å². The third-order valence-corrected chi connectivity index (χ3v) is 6.23. The number of aliphatic imine (C=N–C) groups is 1. The predicted octanol–water partition coefficient (Wildman–Crippen LogP) is 6.02. The van der Waals surface area contributed by atoms with Crippen LogP contribution in [0.5, 0.6) is 0 Å². The van der Waals surface area contributed by atoms with Crippen molar-refractivity contribution < 1.29 is 8.78 Å². The highest BCUT2D eigenvalue weighted by molar-refractivity contribution is 9.10. The highest BCUT2D eigenvalue weighted by Crippen LogP contribution is 2.40. The average Bonchev–Trinajstić information content (AvgIpc) is 3.13. The number of nitrogens with zero attached hydrogens (tertiary/aromatic N) is 1. The number of hydrogen-bond acceptors (Lipinski definition) is 3. The van der Waals surface area contributed by atoms with Crippen LogP contribution < -0.4 is 10.6 Å². The lowest BCUT2D eigenvalue weighted by molar-refractivity contribution is 0.506. The number of halogens is 4. The molecule has 1 heterocycles. The molecule has 0 spiro atoms. The van der Waals surface area contributed by atoms with Crippen molar-refractivity contribution in [2.45, 2.75) is 18.6 Å². The van der Waals surface area contributed by atoms with Crippen LogP contribution in [0.4, 0.5) is 8.78 Å². The van der Waals surface area contributed by atoms with Gasteiger partial charge in [-0.3, -0.25) is 0 Å². The Morgan fingerprint density at radius 2 is 1.52 bits per heavy atom. The molecule has 0 saturated carbocycles. The molecule has 0 saturated heterocycles. The smallest absolute Gasteiger partial charge is 0.192 e. The molecule has 29 heavy (non-hydrogen) atoms. The van der Waals surface area contributed by atoms with E-state index < -0.39 is 11.6 Å². The summed E-state index contributed by atoms with van der Waals surface area (Å²) in [5.41, 5.74) is 2.78. The van der Waals surface area contributed by atoms with Crippen LogP contribution in [0.25, 0.3) is 0 Å². The van der Waals surface area contributed by atoms with Gasteiger partial charge in [-0.15, -0.1) is 0 Å². The standard InChI is InChI=1S/C22H17Br2F2N3/c23-16-7-3-1-5-14(16)20-21(15-6-2-4-8-17(15)24)29-22(28-20)27-12-13-9-10-18(25)19(26)11-13/h1-11,20-21H,12H2,(H2,27,28,29)/t20-,21+. The van der Waals surface area contributed by atoms with Gasteiger partial charge in [-0.1, -0.05) is 74.3 Å². The van der Waals surface area contributed by atoms with Crippen molar-refractivity contribution in [3.8, 4) is 0 Å². The Hall–Kier alpha value is -2.25. The molecule has 0 amide bonds. The number of benzene rings is 3. The molecule has 3 nitrogen and oxygen atoms in total. The molecule has 1 aliphatic heterocycles. The van der Waals surface area contributed by atoms with E-state index in [1.54, 1.807) is 6.07 Å². The minimum absolute atomic E-state index is 0.0864. The first-order chi connectivity index (χ1) is 14.0. The van der Waals surface area contributed by atoms with E-state index in [-0.39, 0.29) is 12.1 Å². The summed E-state index contributed by atoms with van der Waals surface area (Å²) in [4.78, 5) is 4.85. The van der Waals surface area contributed by atoms with Crippen molar-refractivity contribution in [3.63, 3.8) is 0 Å². The quantitative estimate of drug-likeness (QED) is 0.441. The molecule has 7 heteroatoms. The highest BCUT2D eigenvalue weighted by atomic mass is 79.9. The molecule has 3 aromatic carbocycles. The normalized spacial score (nSPS) is 18.3. The first-order valence-electron chi connectivity index (χ1n) is 9.04. The van der Waals surface area contributed by atoms with Crippen molar-refractivity contribution in [2.24, 2.45) is 4.99 Å². The summed E-state index contributed by atoms with van der Waals surface area (Å²) >= 11 is 7.26. The Morgan fingerprint density at radius 1 is 0.862 bits per heavy atom. The Labute approximate surface area is 184 Å². The maximum atomic E-state index is 13.5. The van der Waals surface area contributed by atoms with E-state index in [1.807, 2.05) is 42.5 Å². The van der Waals surface area contributed by atoms with Gasteiger partial charge in [-0.25, -0.2) is 13.8 Å². The molecule has 2 atom stereocenters. The van der Waals surface area contributed by atoms with Gasteiger partial charge in [-0.05, 0) is 41.0 Å². The molecule has 1 aliphatic rings. The maximum absolute atomic E-state index is 13.5. The fraction of sp³-hybridized carbons (Fsp3) is 0.136. The second kappa shape index (κ2) is 8.63. The zero-order valence-corrected chi connectivity index (χ0v) is 18.3. The Bertz CT molecular complexity index is 1070. The van der Waals surface area contributed by atoms with Gasteiger partial charge in [-0.2, -0.15) is 0 Å². The van der Waals surface area contributed by atoms with Gasteiger partial charge in [0, 0.05) is 15.5 Å². The highest BCUT2D eigenvalue weighted by Gasteiger charge is 2.33. The van der Waals surface area contributed by atoms with Gasteiger partial charge >= 0.3 is 0 Å². The Balaban J connectivity index is 1.61. The van der Waals surface area contributed by atoms with Crippen molar-refractivity contribution in [3.05, 3.63) is 104 Å². The molecule has 0 radical (unpaired) electrons. The number of nitrogens with one attached hydrogen (secondary N) is 2. The first kappa shape index (κ1) is 20.0. The third kappa shape index (κ3) is 4.36. The summed E-state index contributed by atoms with van der Waals surface area (Å²) in [7, 11) is 0. The Kier molecular flexibility index (Phi) is 5.96. The Morgan fingerprint density at radius 3 is 2.17 bits per heavy atom. The van der Waals surface area contributed by atoms with E-state index in [4.69, 9.17) is 4.99 Å². The summed E-state index contributed by atoms with van der Waals surface area (Å²) in [6.45, 7) is 0.328. The van der Waals surface area contributed by atoms with Crippen molar-refractivity contribution in [2.75, 3.05) is 0 Å². The van der Waals surface area contributed by atoms with Crippen LogP contribution in [0.15, 0.2) is 80.7 Å². The topological polar surface area (TPSA) is 36.4 Å². The average molecular weight is 521 g/mol. The number of rotatable bonds is 4. The van der Waals surface area contributed by atoms with Crippen LogP contribution in [0, 0.1) is 11.6 Å². The summed E-state index contributed by atoms with van der Waals surface area (Å²) in [5.74, 6) is -1.10. The molecule has 0 unspecified atom stereocenters. The summed E-state index contributed by atoms with van der Waals surface area (Å²) in [6, 6.07) is 19.6. The maximum Gasteiger partial charge on any atom is 0.192 e. The minimum Gasteiger partial charge on any atom is -0.352 e. The van der Waals surface area contributed by atoms with E-state index in [2.05, 4.69) is 48.6 Å². The molecular weight excluding hydrogens is 504 g/mol. The van der Waals surface area contributed by atoms with Gasteiger partial charge in [0.15, 0.2) is 17.6 Å². The van der Waals surface area contributed by atoms with E-state index in [0.717, 1.165) is 26.1 Å². The van der Waals surface area contributed by atoms with Crippen molar-refractivity contribution in [1.29, 1.82) is 0 Å². The largest absolute Gasteiger partial charge is 0.352 e. The molecule has 2 N–H and O–H groups in total. The molecule has 0 aromatic heterocycles. The van der Waals surface area contributed by atoms with Gasteiger partial charge in [0.2, 0.25) is 0 Å². The number of hydrogen-bond donors (Lipinski definition) is 2. The lowest BCUT2D eigenvalue weighted by Gasteiger charge is -2.21. The van der Waals surface area contributed by atoms with Crippen LogP contribution in [-0.4, -0.2) is 5.96 Å². The zero-order chi connectivity index (χ0) is 20.4. The fourth-order valence-electron chi connectivity index (χ4n) is 3.35. The molecule has 148 valence electrons. The minimum atomic E-state index is -0.859. The molecule has 0 fully saturated rings. The zero-order valence-electron chi connectivity index (χ0n) is 15.2. The fourth-order valence-corrected chi connectivity index (χ4v) is 4.40. The lowest BCUT2D eigenvalue weighted by Crippen LogP contribution is -2.35. The van der Waals surface area contributed by atoms with Crippen molar-refractivity contribution in [1.82, 2.24) is 10.6 Å². The first-order valence-corrected chi connectivity index (χ1v) is 10.6. The second-order valence-corrected chi connectivity index (χ2v) is 8.40. The van der Waals surface area contributed by atoms with E-state index >= 15 is 0 Å². The molecule has 0 bridgehead atoms. The lowest BCUT2D eigenvalue weighted by atomic mass is 9.95. The van der Waals surface area contributed by atoms with Crippen LogP contribution in [0.2, 0.25) is 0 Å². The monoisotopic (exact) mass is 519 g/mol. The second-order valence-electron chi connectivity index (χ2n) is 6.69. The van der Waals surface area contributed by atoms with E-state index in [0.29, 0.717) is 18.1 Å².